The summed E-state index contributed by atoms with van der Waals surface area (Å²) in [4.78, 5) is 33.6. The molecule has 0 aliphatic carbocycles. The normalized spacial score (nSPS) is 10.2. The molecular weight excluding hydrogens is 264 g/mol. The fraction of sp³-hybridized carbons (Fsp3) is 0.250. The predicted molar refractivity (Wildman–Crippen MR) is 71.8 cm³/mol. The van der Waals surface area contributed by atoms with Crippen LogP contribution in [0.15, 0.2) is 17.8 Å². The fourth-order valence-electron chi connectivity index (χ4n) is 1.42. The van der Waals surface area contributed by atoms with Crippen LogP contribution in [0.25, 0.3) is 10.6 Å². The van der Waals surface area contributed by atoms with Crippen molar-refractivity contribution in [3.63, 3.8) is 0 Å². The van der Waals surface area contributed by atoms with Crippen LogP contribution in [-0.4, -0.2) is 27.1 Å². The van der Waals surface area contributed by atoms with E-state index in [1.54, 1.807) is 12.4 Å². The lowest BCUT2D eigenvalue weighted by molar-refractivity contribution is -0.114. The maximum absolute atomic E-state index is 10.8. The van der Waals surface area contributed by atoms with Crippen molar-refractivity contribution in [3.05, 3.63) is 23.5 Å². The average Bonchev–Trinajstić information content (AvgIpc) is 2.85. The lowest BCUT2D eigenvalue weighted by Gasteiger charge is -2.00. The van der Waals surface area contributed by atoms with Crippen molar-refractivity contribution in [2.45, 2.75) is 19.8 Å². The van der Waals surface area contributed by atoms with Crippen molar-refractivity contribution in [1.29, 1.82) is 0 Å². The third kappa shape index (κ3) is 3.65. The third-order valence-corrected chi connectivity index (χ3v) is 3.20. The molecule has 0 unspecified atom stereocenters. The Morgan fingerprint density at radius 1 is 1.42 bits per heavy atom. The van der Waals surface area contributed by atoms with Gasteiger partial charge >= 0.3 is 0 Å². The summed E-state index contributed by atoms with van der Waals surface area (Å²) in [6, 6.07) is 0. The van der Waals surface area contributed by atoms with Gasteiger partial charge in [-0.25, -0.2) is 15.0 Å². The molecule has 2 aromatic rings. The van der Waals surface area contributed by atoms with E-state index in [0.717, 1.165) is 22.6 Å². The Morgan fingerprint density at radius 2 is 2.16 bits per heavy atom. The third-order valence-electron chi connectivity index (χ3n) is 2.26. The summed E-state index contributed by atoms with van der Waals surface area (Å²) >= 11 is 1.48. The zero-order valence-corrected chi connectivity index (χ0v) is 11.1. The number of anilines is 1. The van der Waals surface area contributed by atoms with Crippen LogP contribution in [0.2, 0.25) is 0 Å². The minimum Gasteiger partial charge on any atom is -0.303 e. The van der Waals surface area contributed by atoms with E-state index >= 15 is 0 Å². The Hall–Kier alpha value is -2.15. The molecule has 7 heteroatoms. The highest BCUT2D eigenvalue weighted by Crippen LogP contribution is 2.23. The number of thiazole rings is 1. The molecule has 0 aromatic carbocycles. The van der Waals surface area contributed by atoms with Crippen LogP contribution in [-0.2, 0) is 16.0 Å². The van der Waals surface area contributed by atoms with Crippen LogP contribution < -0.4 is 5.32 Å². The van der Waals surface area contributed by atoms with Gasteiger partial charge in [0.15, 0.2) is 0 Å². The maximum atomic E-state index is 10.8. The number of nitrogens with zero attached hydrogens (tertiary/aromatic N) is 3. The Labute approximate surface area is 113 Å². The number of hydrogen-bond acceptors (Lipinski definition) is 6. The van der Waals surface area contributed by atoms with Gasteiger partial charge < -0.3 is 4.79 Å². The smallest absolute Gasteiger partial charge is 0.229 e. The topological polar surface area (TPSA) is 84.8 Å². The molecule has 98 valence electrons. The van der Waals surface area contributed by atoms with Crippen molar-refractivity contribution in [2.24, 2.45) is 0 Å². The first-order valence-electron chi connectivity index (χ1n) is 5.67. The van der Waals surface area contributed by atoms with Gasteiger partial charge in [-0.05, 0) is 6.42 Å². The molecule has 0 aliphatic heterocycles. The molecule has 0 bridgehead atoms. The molecular formula is C12H12N4O2S. The van der Waals surface area contributed by atoms with Crippen LogP contribution in [0.4, 0.5) is 5.95 Å². The molecule has 2 rings (SSSR count). The predicted octanol–water partition coefficient (Wildman–Crippen LogP) is 1.69. The van der Waals surface area contributed by atoms with Gasteiger partial charge in [0.05, 0.1) is 5.69 Å². The van der Waals surface area contributed by atoms with Crippen LogP contribution in [0, 0.1) is 0 Å². The van der Waals surface area contributed by atoms with Crippen LogP contribution in [0.5, 0.6) is 0 Å². The number of aryl methyl sites for hydroxylation is 1. The Morgan fingerprint density at radius 3 is 2.79 bits per heavy atom. The zero-order valence-electron chi connectivity index (χ0n) is 10.3. The Kier molecular flexibility index (Phi) is 4.30. The van der Waals surface area contributed by atoms with E-state index in [0.29, 0.717) is 12.8 Å². The molecule has 1 amide bonds. The van der Waals surface area contributed by atoms with E-state index in [1.807, 2.05) is 5.38 Å². The molecule has 0 fully saturated rings. The number of hydrogen-bond donors (Lipinski definition) is 1. The maximum Gasteiger partial charge on any atom is 0.229 e. The van der Waals surface area contributed by atoms with Crippen molar-refractivity contribution < 1.29 is 9.59 Å². The Bertz CT molecular complexity index is 580. The molecule has 1 N–H and O–H groups in total. The second-order valence-corrected chi connectivity index (χ2v) is 4.68. The van der Waals surface area contributed by atoms with Crippen LogP contribution in [0.3, 0.4) is 0 Å². The molecule has 6 nitrogen and oxygen atoms in total. The summed E-state index contributed by atoms with van der Waals surface area (Å²) < 4.78 is 0. The first kappa shape index (κ1) is 13.3. The molecule has 2 aromatic heterocycles. The van der Waals surface area contributed by atoms with Crippen molar-refractivity contribution >= 4 is 29.5 Å². The Balaban J connectivity index is 2.10. The van der Waals surface area contributed by atoms with Gasteiger partial charge in [-0.1, -0.05) is 0 Å². The summed E-state index contributed by atoms with van der Waals surface area (Å²) in [5.74, 6) is 0.0622. The highest BCUT2D eigenvalue weighted by Gasteiger charge is 2.06. The highest BCUT2D eigenvalue weighted by molar-refractivity contribution is 7.13. The van der Waals surface area contributed by atoms with E-state index in [2.05, 4.69) is 20.3 Å². The van der Waals surface area contributed by atoms with E-state index in [1.165, 1.54) is 18.3 Å². The average molecular weight is 276 g/mol. The number of aromatic nitrogens is 3. The van der Waals surface area contributed by atoms with E-state index in [4.69, 9.17) is 0 Å². The van der Waals surface area contributed by atoms with Crippen LogP contribution in [0.1, 0.15) is 19.0 Å². The standard InChI is InChI=1S/C12H12N4O2S/c1-8(18)15-12-13-5-9(6-14-12)11-16-10(7-19-11)3-2-4-17/h4-7H,2-3H2,1H3,(H,13,14,15,18). The first-order chi connectivity index (χ1) is 9.19. The lowest BCUT2D eigenvalue weighted by atomic mass is 10.3. The van der Waals surface area contributed by atoms with Crippen molar-refractivity contribution in [2.75, 3.05) is 5.32 Å². The van der Waals surface area contributed by atoms with Gasteiger partial charge in [-0.3, -0.25) is 10.1 Å². The molecule has 0 saturated carbocycles. The molecule has 0 aliphatic rings. The molecule has 0 atom stereocenters. The number of rotatable bonds is 5. The first-order valence-corrected chi connectivity index (χ1v) is 6.55. The molecule has 0 spiro atoms. The number of nitrogens with one attached hydrogen (secondary N) is 1. The van der Waals surface area contributed by atoms with Crippen LogP contribution >= 0.6 is 11.3 Å². The molecule has 19 heavy (non-hydrogen) atoms. The van der Waals surface area contributed by atoms with E-state index in [-0.39, 0.29) is 11.9 Å². The molecule has 2 heterocycles. The minimum atomic E-state index is -0.210. The number of amides is 1. The zero-order chi connectivity index (χ0) is 13.7. The second kappa shape index (κ2) is 6.14. The second-order valence-electron chi connectivity index (χ2n) is 3.83. The highest BCUT2D eigenvalue weighted by atomic mass is 32.1. The SMILES string of the molecule is CC(=O)Nc1ncc(-c2nc(CCC=O)cs2)cn1. The number of carbonyl (C=O) groups is 2. The quantitative estimate of drug-likeness (QED) is 0.840. The van der Waals surface area contributed by atoms with Gasteiger partial charge in [-0.15, -0.1) is 11.3 Å². The lowest BCUT2D eigenvalue weighted by Crippen LogP contribution is -2.08. The van der Waals surface area contributed by atoms with E-state index < -0.39 is 0 Å². The van der Waals surface area contributed by atoms with Crippen molar-refractivity contribution in [3.8, 4) is 10.6 Å². The van der Waals surface area contributed by atoms with Gasteiger partial charge in [0, 0.05) is 36.7 Å². The number of carbonyl (C=O) groups excluding carboxylic acids is 2. The number of aldehydes is 1. The van der Waals surface area contributed by atoms with E-state index in [9.17, 15) is 9.59 Å². The van der Waals surface area contributed by atoms with Crippen molar-refractivity contribution in [1.82, 2.24) is 15.0 Å². The summed E-state index contributed by atoms with van der Waals surface area (Å²) in [5.41, 5.74) is 1.68. The summed E-state index contributed by atoms with van der Waals surface area (Å²) in [6.45, 7) is 1.40. The van der Waals surface area contributed by atoms with Gasteiger partial charge in [0.1, 0.15) is 11.3 Å². The largest absolute Gasteiger partial charge is 0.303 e. The molecule has 0 saturated heterocycles. The minimum absolute atomic E-state index is 0.210. The summed E-state index contributed by atoms with van der Waals surface area (Å²) in [7, 11) is 0. The van der Waals surface area contributed by atoms with Gasteiger partial charge in [0.25, 0.3) is 0 Å². The fourth-order valence-corrected chi connectivity index (χ4v) is 2.25. The van der Waals surface area contributed by atoms with Gasteiger partial charge in [0.2, 0.25) is 11.9 Å². The molecule has 0 radical (unpaired) electrons. The summed E-state index contributed by atoms with van der Waals surface area (Å²) in [6.07, 6.45) is 5.22. The summed E-state index contributed by atoms with van der Waals surface area (Å²) in [5, 5.41) is 5.22. The van der Waals surface area contributed by atoms with Gasteiger partial charge in [-0.2, -0.15) is 0 Å². The monoisotopic (exact) mass is 276 g/mol.